The lowest BCUT2D eigenvalue weighted by Gasteiger charge is -2.10. The first-order valence-electron chi connectivity index (χ1n) is 8.70. The molecule has 1 amide bonds. The largest absolute Gasteiger partial charge is 0.480 e. The fraction of sp³-hybridized carbons (Fsp3) is 0.0909. The van der Waals surface area contributed by atoms with Gasteiger partial charge in [0.05, 0.1) is 4.91 Å². The molecule has 1 fully saturated rings. The van der Waals surface area contributed by atoms with Crippen LogP contribution in [-0.4, -0.2) is 38.5 Å². The van der Waals surface area contributed by atoms with E-state index in [-0.39, 0.29) is 10.1 Å². The van der Waals surface area contributed by atoms with Gasteiger partial charge in [-0.05, 0) is 30.2 Å². The Balaban J connectivity index is 1.69. The number of amides is 1. The van der Waals surface area contributed by atoms with Crippen LogP contribution in [0, 0.1) is 6.92 Å². The van der Waals surface area contributed by atoms with Crippen molar-refractivity contribution in [2.75, 3.05) is 6.54 Å². The molecule has 146 valence electrons. The van der Waals surface area contributed by atoms with Crippen LogP contribution in [0.5, 0.6) is 0 Å². The van der Waals surface area contributed by atoms with Gasteiger partial charge >= 0.3 is 5.97 Å². The van der Waals surface area contributed by atoms with Crippen LogP contribution >= 0.6 is 24.0 Å². The Morgan fingerprint density at radius 3 is 2.31 bits per heavy atom. The Morgan fingerprint density at radius 1 is 1.07 bits per heavy atom. The summed E-state index contributed by atoms with van der Waals surface area (Å²) in [6.07, 6.45) is 4.93. The van der Waals surface area contributed by atoms with E-state index in [1.165, 1.54) is 6.08 Å². The summed E-state index contributed by atoms with van der Waals surface area (Å²) in [6.45, 7) is 1.52. The highest BCUT2D eigenvalue weighted by Crippen LogP contribution is 2.32. The molecule has 2 aromatic carbocycles. The van der Waals surface area contributed by atoms with Crippen LogP contribution < -0.4 is 0 Å². The minimum Gasteiger partial charge on any atom is -0.480 e. The molecule has 0 spiro atoms. The number of benzene rings is 2. The Bertz CT molecular complexity index is 1040. The number of hydrogen-bond acceptors (Lipinski definition) is 5. The van der Waals surface area contributed by atoms with Crippen LogP contribution in [0.2, 0.25) is 0 Å². The van der Waals surface area contributed by atoms with Gasteiger partial charge in [-0.25, -0.2) is 0 Å². The molecule has 0 saturated carbocycles. The Labute approximate surface area is 177 Å². The van der Waals surface area contributed by atoms with E-state index in [1.807, 2.05) is 43.3 Å². The summed E-state index contributed by atoms with van der Waals surface area (Å²) in [5.41, 5.74) is 3.36. The van der Waals surface area contributed by atoms with Crippen molar-refractivity contribution in [3.05, 3.63) is 81.8 Å². The van der Waals surface area contributed by atoms with Gasteiger partial charge in [0.15, 0.2) is 5.78 Å². The molecule has 1 heterocycles. The van der Waals surface area contributed by atoms with Gasteiger partial charge < -0.3 is 5.11 Å². The molecule has 1 saturated heterocycles. The molecule has 0 radical (unpaired) electrons. The minimum atomic E-state index is -1.11. The second-order valence-electron chi connectivity index (χ2n) is 6.39. The highest BCUT2D eigenvalue weighted by atomic mass is 32.2. The van der Waals surface area contributed by atoms with E-state index in [0.29, 0.717) is 10.5 Å². The maximum absolute atomic E-state index is 12.3. The van der Waals surface area contributed by atoms with Crippen molar-refractivity contribution in [2.45, 2.75) is 6.92 Å². The number of thioether (sulfide) groups is 1. The van der Waals surface area contributed by atoms with Gasteiger partial charge in [-0.15, -0.1) is 0 Å². The van der Waals surface area contributed by atoms with Crippen LogP contribution in [0.25, 0.3) is 12.2 Å². The van der Waals surface area contributed by atoms with Gasteiger partial charge in [-0.2, -0.15) is 0 Å². The van der Waals surface area contributed by atoms with E-state index >= 15 is 0 Å². The van der Waals surface area contributed by atoms with Crippen LogP contribution in [0.1, 0.15) is 27.0 Å². The average molecular weight is 424 g/mol. The van der Waals surface area contributed by atoms with E-state index in [9.17, 15) is 14.4 Å². The zero-order valence-corrected chi connectivity index (χ0v) is 17.1. The molecule has 1 N–H and O–H groups in total. The van der Waals surface area contributed by atoms with Gasteiger partial charge in [-0.3, -0.25) is 19.3 Å². The molecule has 1 aliphatic rings. The van der Waals surface area contributed by atoms with Crippen molar-refractivity contribution >= 4 is 58.1 Å². The monoisotopic (exact) mass is 423 g/mol. The topological polar surface area (TPSA) is 74.7 Å². The standard InChI is InChI=1S/C22H17NO4S2/c1-14-2-9-17(10-3-14)18(24)11-8-15-4-6-16(7-5-15)12-19-21(27)23(13-20(25)26)22(28)29-19/h2-12H,13H2,1H3,(H,25,26)/b11-8+,19-12+. The molecule has 2 aromatic rings. The zero-order chi connectivity index (χ0) is 21.0. The second kappa shape index (κ2) is 8.98. The van der Waals surface area contributed by atoms with Crippen LogP contribution in [0.3, 0.4) is 0 Å². The van der Waals surface area contributed by atoms with E-state index in [1.54, 1.807) is 24.3 Å². The van der Waals surface area contributed by atoms with Crippen molar-refractivity contribution in [3.63, 3.8) is 0 Å². The number of nitrogens with zero attached hydrogens (tertiary/aromatic N) is 1. The van der Waals surface area contributed by atoms with Gasteiger partial charge in [0.2, 0.25) is 0 Å². The van der Waals surface area contributed by atoms with Crippen molar-refractivity contribution < 1.29 is 19.5 Å². The van der Waals surface area contributed by atoms with Crippen molar-refractivity contribution in [1.82, 2.24) is 4.90 Å². The molecule has 0 bridgehead atoms. The molecule has 0 aliphatic carbocycles. The van der Waals surface area contributed by atoms with Gasteiger partial charge in [-0.1, -0.05) is 84.2 Å². The number of allylic oxidation sites excluding steroid dienone is 1. The Hall–Kier alpha value is -3.03. The fourth-order valence-corrected chi connectivity index (χ4v) is 3.87. The zero-order valence-electron chi connectivity index (χ0n) is 15.5. The lowest BCUT2D eigenvalue weighted by atomic mass is 10.1. The number of rotatable bonds is 6. The molecule has 0 atom stereocenters. The predicted octanol–water partition coefficient (Wildman–Crippen LogP) is 4.18. The van der Waals surface area contributed by atoms with E-state index in [4.69, 9.17) is 17.3 Å². The third-order valence-electron chi connectivity index (χ3n) is 4.16. The highest BCUT2D eigenvalue weighted by molar-refractivity contribution is 8.26. The molecule has 0 unspecified atom stereocenters. The van der Waals surface area contributed by atoms with Crippen LogP contribution in [0.15, 0.2) is 59.5 Å². The molecule has 5 nitrogen and oxygen atoms in total. The van der Waals surface area contributed by atoms with Gasteiger partial charge in [0.25, 0.3) is 5.91 Å². The number of aliphatic carboxylic acids is 1. The highest BCUT2D eigenvalue weighted by Gasteiger charge is 2.33. The van der Waals surface area contributed by atoms with Gasteiger partial charge in [0.1, 0.15) is 10.9 Å². The first kappa shape index (κ1) is 20.7. The van der Waals surface area contributed by atoms with Crippen molar-refractivity contribution in [3.8, 4) is 0 Å². The normalized spacial score (nSPS) is 15.5. The minimum absolute atomic E-state index is 0.0730. The SMILES string of the molecule is Cc1ccc(C(=O)/C=C/c2ccc(/C=C3/SC(=S)N(CC(=O)O)C3=O)cc2)cc1. The summed E-state index contributed by atoms with van der Waals surface area (Å²) in [5.74, 6) is -1.59. The van der Waals surface area contributed by atoms with Crippen LogP contribution in [-0.2, 0) is 9.59 Å². The number of hydrogen-bond donors (Lipinski definition) is 1. The fourth-order valence-electron chi connectivity index (χ4n) is 2.61. The number of thiocarbonyl (C=S) groups is 1. The van der Waals surface area contributed by atoms with E-state index in [0.717, 1.165) is 33.4 Å². The van der Waals surface area contributed by atoms with Crippen molar-refractivity contribution in [2.24, 2.45) is 0 Å². The quantitative estimate of drug-likeness (QED) is 0.427. The number of ketones is 1. The number of carboxylic acids is 1. The summed E-state index contributed by atoms with van der Waals surface area (Å²) in [4.78, 5) is 36.8. The summed E-state index contributed by atoms with van der Waals surface area (Å²) in [7, 11) is 0. The number of carboxylic acid groups (broad SMARTS) is 1. The third kappa shape index (κ3) is 5.28. The Kier molecular flexibility index (Phi) is 6.41. The van der Waals surface area contributed by atoms with Gasteiger partial charge in [0, 0.05) is 5.56 Å². The summed E-state index contributed by atoms with van der Waals surface area (Å²) >= 11 is 6.16. The number of carbonyl (C=O) groups excluding carboxylic acids is 2. The van der Waals surface area contributed by atoms with E-state index < -0.39 is 18.4 Å². The van der Waals surface area contributed by atoms with Crippen LogP contribution in [0.4, 0.5) is 0 Å². The predicted molar refractivity (Wildman–Crippen MR) is 119 cm³/mol. The lowest BCUT2D eigenvalue weighted by molar-refractivity contribution is -0.140. The molecule has 0 aromatic heterocycles. The smallest absolute Gasteiger partial charge is 0.323 e. The first-order valence-corrected chi connectivity index (χ1v) is 9.92. The van der Waals surface area contributed by atoms with Crippen molar-refractivity contribution in [1.29, 1.82) is 0 Å². The lowest BCUT2D eigenvalue weighted by Crippen LogP contribution is -2.33. The molecular formula is C22H17NO4S2. The summed E-state index contributed by atoms with van der Waals surface area (Å²) in [5, 5.41) is 8.88. The second-order valence-corrected chi connectivity index (χ2v) is 8.07. The molecular weight excluding hydrogens is 406 g/mol. The summed E-state index contributed by atoms with van der Waals surface area (Å²) in [6, 6.07) is 14.7. The molecule has 3 rings (SSSR count). The Morgan fingerprint density at radius 2 is 1.69 bits per heavy atom. The first-order chi connectivity index (χ1) is 13.8. The van der Waals surface area contributed by atoms with E-state index in [2.05, 4.69) is 0 Å². The average Bonchev–Trinajstić information content (AvgIpc) is 2.95. The maximum atomic E-state index is 12.3. The molecule has 1 aliphatic heterocycles. The number of carbonyl (C=O) groups is 3. The molecule has 29 heavy (non-hydrogen) atoms. The molecule has 7 heteroatoms. The number of aryl methyl sites for hydroxylation is 1. The summed E-state index contributed by atoms with van der Waals surface area (Å²) < 4.78 is 0.234. The maximum Gasteiger partial charge on any atom is 0.323 e. The third-order valence-corrected chi connectivity index (χ3v) is 5.54.